The Balaban J connectivity index is 0.00000529. The van der Waals surface area contributed by atoms with Gasteiger partial charge in [0.25, 0.3) is 11.8 Å². The maximum absolute atomic E-state index is 13.6. The number of rotatable bonds is 10. The van der Waals surface area contributed by atoms with Gasteiger partial charge in [-0.25, -0.2) is 4.98 Å². The first kappa shape index (κ1) is 34.7. The van der Waals surface area contributed by atoms with Crippen LogP contribution in [-0.2, 0) is 6.18 Å². The molecule has 0 fully saturated rings. The number of hydrogen-bond donors (Lipinski definition) is 4. The van der Waals surface area contributed by atoms with E-state index in [-0.39, 0.29) is 23.7 Å². The molecular formula is C31H35Cl2F3N6O2. The van der Waals surface area contributed by atoms with Gasteiger partial charge in [0.2, 0.25) is 5.95 Å². The van der Waals surface area contributed by atoms with Gasteiger partial charge in [0, 0.05) is 41.6 Å². The summed E-state index contributed by atoms with van der Waals surface area (Å²) in [6.45, 7) is 11.6. The largest absolute Gasteiger partial charge is 0.417 e. The molecule has 1 heterocycles. The van der Waals surface area contributed by atoms with E-state index in [2.05, 4.69) is 58.5 Å². The molecule has 0 aliphatic carbocycles. The van der Waals surface area contributed by atoms with Gasteiger partial charge in [-0.05, 0) is 76.6 Å². The molecule has 13 heteroatoms. The maximum atomic E-state index is 13.6. The Kier molecular flexibility index (Phi) is 11.3. The van der Waals surface area contributed by atoms with Crippen LogP contribution in [0.3, 0.4) is 0 Å². The van der Waals surface area contributed by atoms with Crippen molar-refractivity contribution in [1.29, 1.82) is 0 Å². The molecule has 236 valence electrons. The molecule has 0 atom stereocenters. The number of amides is 2. The number of aromatic nitrogens is 2. The minimum atomic E-state index is -4.72. The summed E-state index contributed by atoms with van der Waals surface area (Å²) in [5.41, 5.74) is 0.479. The number of imidazole rings is 1. The van der Waals surface area contributed by atoms with Crippen molar-refractivity contribution in [3.63, 3.8) is 0 Å². The van der Waals surface area contributed by atoms with Crippen LogP contribution in [0.15, 0.2) is 54.6 Å². The number of hydrogen-bond acceptors (Lipinski definition) is 5. The predicted octanol–water partition coefficient (Wildman–Crippen LogP) is 8.00. The molecule has 0 radical (unpaired) electrons. The van der Waals surface area contributed by atoms with E-state index in [4.69, 9.17) is 11.6 Å². The molecule has 1 aromatic heterocycles. The van der Waals surface area contributed by atoms with Crippen LogP contribution in [0.4, 0.5) is 30.5 Å². The highest BCUT2D eigenvalue weighted by Gasteiger charge is 2.35. The number of H-pyrrole nitrogens is 1. The number of alkyl halides is 3. The Morgan fingerprint density at radius 2 is 1.61 bits per heavy atom. The van der Waals surface area contributed by atoms with E-state index in [0.29, 0.717) is 51.9 Å². The summed E-state index contributed by atoms with van der Waals surface area (Å²) in [5.74, 6) is -1.10. The van der Waals surface area contributed by atoms with Gasteiger partial charge < -0.3 is 20.9 Å². The van der Waals surface area contributed by atoms with E-state index in [1.54, 1.807) is 25.1 Å². The minimum absolute atomic E-state index is 0. The average Bonchev–Trinajstić information content (AvgIpc) is 3.35. The number of benzene rings is 3. The number of carbonyl (C=O) groups excluding carboxylic acids is 2. The molecule has 4 aromatic rings. The van der Waals surface area contributed by atoms with Crippen LogP contribution >= 0.6 is 24.0 Å². The number of nitrogens with zero attached hydrogens (tertiary/aromatic N) is 2. The molecule has 3 aromatic carbocycles. The average molecular weight is 652 g/mol. The summed E-state index contributed by atoms with van der Waals surface area (Å²) in [6, 6.07) is 13.2. The zero-order valence-corrected chi connectivity index (χ0v) is 26.5. The number of anilines is 3. The number of fused-ring (bicyclic) bond motifs is 1. The van der Waals surface area contributed by atoms with Crippen LogP contribution in [-0.4, -0.2) is 51.9 Å². The Labute approximate surface area is 265 Å². The topological polar surface area (TPSA) is 102 Å². The first-order chi connectivity index (χ1) is 20.3. The van der Waals surface area contributed by atoms with Crippen LogP contribution in [0.25, 0.3) is 11.0 Å². The molecule has 4 rings (SSSR count). The zero-order valence-electron chi connectivity index (χ0n) is 24.9. The first-order valence-electron chi connectivity index (χ1n) is 13.8. The van der Waals surface area contributed by atoms with Gasteiger partial charge in [0.1, 0.15) is 5.52 Å². The van der Waals surface area contributed by atoms with Crippen molar-refractivity contribution in [3.05, 3.63) is 81.9 Å². The van der Waals surface area contributed by atoms with E-state index >= 15 is 0 Å². The van der Waals surface area contributed by atoms with E-state index in [9.17, 15) is 22.8 Å². The van der Waals surface area contributed by atoms with E-state index < -0.39 is 29.1 Å². The summed E-state index contributed by atoms with van der Waals surface area (Å²) in [5, 5.41) is 9.06. The third-order valence-corrected chi connectivity index (χ3v) is 7.48. The number of nitrogens with one attached hydrogen (secondary N) is 4. The highest BCUT2D eigenvalue weighted by Crippen LogP contribution is 2.33. The standard InChI is InChI=1S/C31H34ClF3N6O2.ClH/c1-17(2)41(18(3)4)14-13-36-30-39-26-16-20(37-28(42)21-9-6-7-10-23(21)31(33,34)35)15-22(27(26)40-30)29(43)38-25-12-8-11-24(32)19(25)5;/h6-12,15-18H,13-14H2,1-5H3,(H,37,42)(H,38,43)(H2,36,39,40);1H. The Hall–Kier alpha value is -3.80. The summed E-state index contributed by atoms with van der Waals surface area (Å²) in [4.78, 5) is 36.6. The second-order valence-electron chi connectivity index (χ2n) is 10.7. The van der Waals surface area contributed by atoms with Gasteiger partial charge >= 0.3 is 6.18 Å². The van der Waals surface area contributed by atoms with Gasteiger partial charge in [0.15, 0.2) is 0 Å². The van der Waals surface area contributed by atoms with Crippen LogP contribution in [0.1, 0.15) is 59.5 Å². The second kappa shape index (κ2) is 14.3. The molecule has 44 heavy (non-hydrogen) atoms. The van der Waals surface area contributed by atoms with E-state index in [0.717, 1.165) is 18.7 Å². The fraction of sp³-hybridized carbons (Fsp3) is 0.323. The summed E-state index contributed by atoms with van der Waals surface area (Å²) in [7, 11) is 0. The molecule has 0 aliphatic heterocycles. The lowest BCUT2D eigenvalue weighted by molar-refractivity contribution is -0.137. The maximum Gasteiger partial charge on any atom is 0.417 e. The van der Waals surface area contributed by atoms with E-state index in [1.165, 1.54) is 24.3 Å². The molecule has 8 nitrogen and oxygen atoms in total. The lowest BCUT2D eigenvalue weighted by atomic mass is 10.1. The smallest absolute Gasteiger partial charge is 0.355 e. The van der Waals surface area contributed by atoms with Gasteiger partial charge in [-0.2, -0.15) is 13.2 Å². The fourth-order valence-corrected chi connectivity index (χ4v) is 5.10. The van der Waals surface area contributed by atoms with Gasteiger partial charge in [-0.15, -0.1) is 12.4 Å². The number of aromatic amines is 1. The summed E-state index contributed by atoms with van der Waals surface area (Å²) in [6.07, 6.45) is -4.72. The van der Waals surface area contributed by atoms with Crippen molar-refractivity contribution >= 4 is 64.2 Å². The van der Waals surface area contributed by atoms with Crippen molar-refractivity contribution in [2.45, 2.75) is 52.9 Å². The van der Waals surface area contributed by atoms with Gasteiger partial charge in [0.05, 0.1) is 22.2 Å². The van der Waals surface area contributed by atoms with Gasteiger partial charge in [-0.3, -0.25) is 14.5 Å². The molecule has 0 bridgehead atoms. The third kappa shape index (κ3) is 8.02. The fourth-order valence-electron chi connectivity index (χ4n) is 4.92. The van der Waals surface area contributed by atoms with E-state index in [1.807, 2.05) is 0 Å². The lowest BCUT2D eigenvalue weighted by Crippen LogP contribution is -2.40. The molecule has 2 amide bonds. The molecule has 0 saturated carbocycles. The lowest BCUT2D eigenvalue weighted by Gasteiger charge is -2.30. The van der Waals surface area contributed by atoms with Crippen LogP contribution in [0.5, 0.6) is 0 Å². The number of halogens is 5. The van der Waals surface area contributed by atoms with Crippen molar-refractivity contribution in [2.75, 3.05) is 29.0 Å². The highest BCUT2D eigenvalue weighted by atomic mass is 35.5. The molecule has 0 spiro atoms. The SMILES string of the molecule is Cc1c(Cl)cccc1NC(=O)c1cc(NC(=O)c2ccccc2C(F)(F)F)cc2[nH]c(NCCN(C(C)C)C(C)C)nc12.Cl. The predicted molar refractivity (Wildman–Crippen MR) is 172 cm³/mol. The van der Waals surface area contributed by atoms with Crippen LogP contribution in [0.2, 0.25) is 5.02 Å². The summed E-state index contributed by atoms with van der Waals surface area (Å²) < 4.78 is 40.7. The third-order valence-electron chi connectivity index (χ3n) is 7.07. The first-order valence-corrected chi connectivity index (χ1v) is 14.2. The van der Waals surface area contributed by atoms with Crippen molar-refractivity contribution in [1.82, 2.24) is 14.9 Å². The monoisotopic (exact) mass is 650 g/mol. The Bertz CT molecular complexity index is 1630. The number of carbonyl (C=O) groups is 2. The zero-order chi connectivity index (χ0) is 31.5. The van der Waals surface area contributed by atoms with Crippen molar-refractivity contribution in [3.8, 4) is 0 Å². The molecule has 0 unspecified atom stereocenters. The normalized spacial score (nSPS) is 11.6. The van der Waals surface area contributed by atoms with Gasteiger partial charge in [-0.1, -0.05) is 29.8 Å². The second-order valence-corrected chi connectivity index (χ2v) is 11.1. The minimum Gasteiger partial charge on any atom is -0.355 e. The Morgan fingerprint density at radius 3 is 2.27 bits per heavy atom. The molecule has 4 N–H and O–H groups in total. The van der Waals surface area contributed by atoms with Crippen LogP contribution in [0, 0.1) is 6.92 Å². The molecule has 0 saturated heterocycles. The van der Waals surface area contributed by atoms with Crippen LogP contribution < -0.4 is 16.0 Å². The molecule has 0 aliphatic rings. The van der Waals surface area contributed by atoms with Crippen molar-refractivity contribution < 1.29 is 22.8 Å². The summed E-state index contributed by atoms with van der Waals surface area (Å²) >= 11 is 6.23. The Morgan fingerprint density at radius 1 is 0.955 bits per heavy atom. The highest BCUT2D eigenvalue weighted by molar-refractivity contribution is 6.31. The van der Waals surface area contributed by atoms with Crippen molar-refractivity contribution in [2.24, 2.45) is 0 Å². The molecular weight excluding hydrogens is 616 g/mol. The quantitative estimate of drug-likeness (QED) is 0.139.